The molecule has 0 aromatic heterocycles. The van der Waals surface area contributed by atoms with Gasteiger partial charge in [0.15, 0.2) is 0 Å². The fourth-order valence-electron chi connectivity index (χ4n) is 5.07. The third-order valence-corrected chi connectivity index (χ3v) is 8.18. The van der Waals surface area contributed by atoms with E-state index >= 15 is 0 Å². The monoisotopic (exact) mass is 547 g/mol. The van der Waals surface area contributed by atoms with E-state index in [2.05, 4.69) is 129 Å². The largest absolute Gasteiger partial charge is 0.347 e. The summed E-state index contributed by atoms with van der Waals surface area (Å²) in [4.78, 5) is 2.32. The molecule has 0 N–H and O–H groups in total. The van der Waals surface area contributed by atoms with E-state index in [0.29, 0.717) is 0 Å². The molecule has 0 spiro atoms. The minimum Gasteiger partial charge on any atom is -0.347 e. The first-order valence-electron chi connectivity index (χ1n) is 14.1. The number of hydrogen-bond donors (Lipinski definition) is 0. The molecule has 0 atom stereocenters. The molecule has 1 aliphatic heterocycles. The lowest BCUT2D eigenvalue weighted by Gasteiger charge is -2.24. The lowest BCUT2D eigenvalue weighted by molar-refractivity contribution is 0.453. The van der Waals surface area contributed by atoms with Gasteiger partial charge in [-0.1, -0.05) is 139 Å². The van der Waals surface area contributed by atoms with Crippen molar-refractivity contribution in [1.82, 2.24) is 0 Å². The molecular formula is C37H54ClN. The number of allylic oxidation sites excluding steroid dienone is 13. The van der Waals surface area contributed by atoms with E-state index in [1.54, 1.807) is 0 Å². The molecule has 0 bridgehead atoms. The van der Waals surface area contributed by atoms with E-state index in [1.807, 2.05) is 12.2 Å². The third kappa shape index (κ3) is 8.49. The molecule has 0 saturated carbocycles. The SMILES string of the molecule is C.C=C/C=C(C)\C=C(/C)C(C)(C)C/C=C/C1=C(Cl)C(=C/C=C2/N(C)c3ccc(C)cc3C2(C)C)/CC1.CCC. The number of anilines is 1. The van der Waals surface area contributed by atoms with Gasteiger partial charge in [-0.3, -0.25) is 0 Å². The van der Waals surface area contributed by atoms with E-state index in [9.17, 15) is 0 Å². The molecule has 2 heteroatoms. The van der Waals surface area contributed by atoms with Crippen molar-refractivity contribution in [2.45, 2.75) is 101 Å². The van der Waals surface area contributed by atoms with E-state index in [1.165, 1.54) is 51.2 Å². The molecule has 0 saturated heterocycles. The highest BCUT2D eigenvalue weighted by molar-refractivity contribution is 6.33. The second-order valence-corrected chi connectivity index (χ2v) is 12.3. The van der Waals surface area contributed by atoms with Gasteiger partial charge in [0.1, 0.15) is 0 Å². The Kier molecular flexibility index (Phi) is 13.1. The molecule has 0 unspecified atom stereocenters. The molecule has 0 amide bonds. The number of nitrogens with zero attached hydrogens (tertiary/aromatic N) is 1. The average Bonchev–Trinajstić information content (AvgIpc) is 3.26. The summed E-state index contributed by atoms with van der Waals surface area (Å²) in [6.07, 6.45) is 19.4. The first-order valence-corrected chi connectivity index (χ1v) is 14.5. The Morgan fingerprint density at radius 3 is 2.38 bits per heavy atom. The molecule has 214 valence electrons. The van der Waals surface area contributed by atoms with Gasteiger partial charge < -0.3 is 4.90 Å². The van der Waals surface area contributed by atoms with Crippen LogP contribution in [0.15, 0.2) is 100 Å². The summed E-state index contributed by atoms with van der Waals surface area (Å²) in [5.41, 5.74) is 10.4. The maximum absolute atomic E-state index is 6.85. The molecule has 1 heterocycles. The van der Waals surface area contributed by atoms with Gasteiger partial charge >= 0.3 is 0 Å². The molecule has 1 aliphatic carbocycles. The zero-order valence-electron chi connectivity index (χ0n) is 25.6. The second-order valence-electron chi connectivity index (χ2n) is 12.0. The van der Waals surface area contributed by atoms with Crippen molar-refractivity contribution in [3.05, 3.63) is 111 Å². The number of benzene rings is 1. The summed E-state index contributed by atoms with van der Waals surface area (Å²) in [6.45, 7) is 23.8. The van der Waals surface area contributed by atoms with Gasteiger partial charge in [0.25, 0.3) is 0 Å². The molecule has 0 fully saturated rings. The predicted molar refractivity (Wildman–Crippen MR) is 179 cm³/mol. The maximum atomic E-state index is 6.85. The highest BCUT2D eigenvalue weighted by Gasteiger charge is 2.38. The third-order valence-electron chi connectivity index (χ3n) is 7.70. The van der Waals surface area contributed by atoms with Gasteiger partial charge in [0.2, 0.25) is 0 Å². The minimum atomic E-state index is -0.0269. The van der Waals surface area contributed by atoms with E-state index < -0.39 is 0 Å². The molecule has 3 rings (SSSR count). The van der Waals surface area contributed by atoms with Gasteiger partial charge in [0.05, 0.1) is 0 Å². The van der Waals surface area contributed by atoms with Gasteiger partial charge in [0, 0.05) is 28.9 Å². The van der Waals surface area contributed by atoms with Crippen LogP contribution in [0.25, 0.3) is 0 Å². The summed E-state index contributed by atoms with van der Waals surface area (Å²) in [5, 5.41) is 0.916. The van der Waals surface area contributed by atoms with Gasteiger partial charge in [-0.15, -0.1) is 0 Å². The number of aryl methyl sites for hydroxylation is 1. The van der Waals surface area contributed by atoms with Crippen LogP contribution in [-0.2, 0) is 5.41 Å². The lowest BCUT2D eigenvalue weighted by Crippen LogP contribution is -2.22. The smallest absolute Gasteiger partial charge is 0.0470 e. The first kappa shape index (κ1) is 34.5. The fourth-order valence-corrected chi connectivity index (χ4v) is 5.38. The quantitative estimate of drug-likeness (QED) is 0.307. The van der Waals surface area contributed by atoms with Crippen molar-refractivity contribution < 1.29 is 0 Å². The van der Waals surface area contributed by atoms with Crippen molar-refractivity contribution >= 4 is 17.3 Å². The van der Waals surface area contributed by atoms with Crippen LogP contribution >= 0.6 is 11.6 Å². The number of halogens is 1. The minimum absolute atomic E-state index is 0. The van der Waals surface area contributed by atoms with Gasteiger partial charge in [-0.05, 0) is 74.3 Å². The van der Waals surface area contributed by atoms with Gasteiger partial charge in [-0.2, -0.15) is 0 Å². The van der Waals surface area contributed by atoms with Crippen LogP contribution < -0.4 is 4.90 Å². The van der Waals surface area contributed by atoms with E-state index in [-0.39, 0.29) is 18.3 Å². The fraction of sp³-hybridized carbons (Fsp3) is 0.459. The van der Waals surface area contributed by atoms with Crippen molar-refractivity contribution in [1.29, 1.82) is 0 Å². The number of hydrogen-bond acceptors (Lipinski definition) is 1. The zero-order chi connectivity index (χ0) is 28.7. The van der Waals surface area contributed by atoms with Crippen LogP contribution in [0.5, 0.6) is 0 Å². The summed E-state index contributed by atoms with van der Waals surface area (Å²) in [5.74, 6) is 0. The van der Waals surface area contributed by atoms with E-state index in [0.717, 1.165) is 24.3 Å². The van der Waals surface area contributed by atoms with Crippen molar-refractivity contribution in [3.63, 3.8) is 0 Å². The van der Waals surface area contributed by atoms with Crippen LogP contribution in [0.1, 0.15) is 99.6 Å². The van der Waals surface area contributed by atoms with Crippen molar-refractivity contribution in [2.24, 2.45) is 5.41 Å². The van der Waals surface area contributed by atoms with Gasteiger partial charge in [-0.25, -0.2) is 0 Å². The predicted octanol–water partition coefficient (Wildman–Crippen LogP) is 11.9. The first-order chi connectivity index (χ1) is 17.8. The summed E-state index contributed by atoms with van der Waals surface area (Å²) >= 11 is 6.85. The molecule has 39 heavy (non-hydrogen) atoms. The number of likely N-dealkylation sites (N-methyl/N-ethyl adjacent to an activating group) is 1. The molecule has 0 radical (unpaired) electrons. The Morgan fingerprint density at radius 1 is 1.13 bits per heavy atom. The number of fused-ring (bicyclic) bond motifs is 1. The highest BCUT2D eigenvalue weighted by Crippen LogP contribution is 2.47. The van der Waals surface area contributed by atoms with Crippen molar-refractivity contribution in [2.75, 3.05) is 11.9 Å². The summed E-state index contributed by atoms with van der Waals surface area (Å²) in [7, 11) is 2.17. The Labute approximate surface area is 246 Å². The Morgan fingerprint density at radius 2 is 1.77 bits per heavy atom. The maximum Gasteiger partial charge on any atom is 0.0470 e. The van der Waals surface area contributed by atoms with E-state index in [4.69, 9.17) is 11.6 Å². The summed E-state index contributed by atoms with van der Waals surface area (Å²) in [6, 6.07) is 6.75. The molecule has 1 aromatic carbocycles. The standard InChI is InChI=1S/C33H42ClN.C3H8.CH4/c1-10-12-23(2)21-25(4)32(5,6)20-11-13-26-15-16-27(31(26)34)17-19-30-33(7,8)28-22-24(3)14-18-29(28)35(30)9;1-3-2;/h10-14,17-19,21-22H,1,15-16,20H2,2-9H3;3H2,1-2H3;1H4/b13-11+,23-12-,25-21+,27-17+,30-19+;;. The summed E-state index contributed by atoms with van der Waals surface area (Å²) < 4.78 is 0. The lowest BCUT2D eigenvalue weighted by atomic mass is 9.81. The highest BCUT2D eigenvalue weighted by atomic mass is 35.5. The topological polar surface area (TPSA) is 3.24 Å². The van der Waals surface area contributed by atoms with Crippen LogP contribution in [0.3, 0.4) is 0 Å². The van der Waals surface area contributed by atoms with Crippen LogP contribution in [0.2, 0.25) is 0 Å². The molecule has 2 aliphatic rings. The molecule has 1 nitrogen and oxygen atoms in total. The van der Waals surface area contributed by atoms with Crippen LogP contribution in [-0.4, -0.2) is 7.05 Å². The van der Waals surface area contributed by atoms with Crippen LogP contribution in [0.4, 0.5) is 5.69 Å². The van der Waals surface area contributed by atoms with Crippen LogP contribution in [0, 0.1) is 12.3 Å². The normalized spacial score (nSPS) is 19.4. The zero-order valence-corrected chi connectivity index (χ0v) is 26.4. The number of rotatable bonds is 7. The Hall–Kier alpha value is -2.51. The molecular weight excluding hydrogens is 494 g/mol. The Bertz CT molecular complexity index is 1190. The Balaban J connectivity index is 0.00000181. The second kappa shape index (κ2) is 14.8. The molecule has 1 aromatic rings. The average molecular weight is 548 g/mol. The van der Waals surface area contributed by atoms with Crippen molar-refractivity contribution in [3.8, 4) is 0 Å².